The first kappa shape index (κ1) is 16.3. The number of thioether (sulfide) groups is 1. The monoisotopic (exact) mass is 345 g/mol. The largest absolute Gasteiger partial charge is 0.484 e. The van der Waals surface area contributed by atoms with E-state index in [2.05, 4.69) is 5.32 Å². The summed E-state index contributed by atoms with van der Waals surface area (Å²) < 4.78 is 5.62. The molecule has 3 nitrogen and oxygen atoms in total. The topological polar surface area (TPSA) is 38.3 Å². The van der Waals surface area contributed by atoms with E-state index in [1.54, 1.807) is 11.8 Å². The van der Waals surface area contributed by atoms with Gasteiger partial charge in [-0.25, -0.2) is 0 Å². The maximum atomic E-state index is 12.2. The molecule has 0 radical (unpaired) electrons. The number of rotatable bonds is 6. The summed E-state index contributed by atoms with van der Waals surface area (Å²) in [6, 6.07) is 7.90. The van der Waals surface area contributed by atoms with E-state index in [4.69, 9.17) is 4.74 Å². The number of carbonyl (C=O) groups is 1. The molecule has 24 heavy (non-hydrogen) atoms. The van der Waals surface area contributed by atoms with Crippen molar-refractivity contribution in [1.29, 1.82) is 0 Å². The van der Waals surface area contributed by atoms with E-state index in [-0.39, 0.29) is 12.5 Å². The fourth-order valence-corrected chi connectivity index (χ4v) is 6.07. The Morgan fingerprint density at radius 2 is 1.71 bits per heavy atom. The van der Waals surface area contributed by atoms with Gasteiger partial charge in [0.05, 0.1) is 0 Å². The van der Waals surface area contributed by atoms with Crippen LogP contribution in [0.25, 0.3) is 0 Å². The van der Waals surface area contributed by atoms with Gasteiger partial charge >= 0.3 is 0 Å². The average molecular weight is 346 g/mol. The van der Waals surface area contributed by atoms with Crippen molar-refractivity contribution >= 4 is 17.7 Å². The third-order valence-corrected chi connectivity index (χ3v) is 7.00. The Labute approximate surface area is 148 Å². The van der Waals surface area contributed by atoms with Gasteiger partial charge in [0.15, 0.2) is 6.61 Å². The molecular formula is C20H27NO2S. The molecule has 1 N–H and O–H groups in total. The fourth-order valence-electron chi connectivity index (χ4n) is 5.66. The first-order valence-electron chi connectivity index (χ1n) is 9.18. The first-order chi connectivity index (χ1) is 11.6. The molecule has 1 amide bonds. The highest BCUT2D eigenvalue weighted by atomic mass is 32.2. The van der Waals surface area contributed by atoms with Gasteiger partial charge in [0, 0.05) is 11.4 Å². The Kier molecular flexibility index (Phi) is 4.50. The summed E-state index contributed by atoms with van der Waals surface area (Å²) >= 11 is 1.70. The molecule has 4 heteroatoms. The molecular weight excluding hydrogens is 318 g/mol. The lowest BCUT2D eigenvalue weighted by Crippen LogP contribution is -2.51. The molecule has 0 spiro atoms. The van der Waals surface area contributed by atoms with Crippen LogP contribution in [0.2, 0.25) is 0 Å². The lowest BCUT2D eigenvalue weighted by atomic mass is 9.49. The van der Waals surface area contributed by atoms with Crippen molar-refractivity contribution in [2.24, 2.45) is 23.2 Å². The fraction of sp³-hybridized carbons (Fsp3) is 0.650. The molecule has 0 aliphatic heterocycles. The molecule has 4 bridgehead atoms. The summed E-state index contributed by atoms with van der Waals surface area (Å²) in [5.74, 6) is 3.57. The van der Waals surface area contributed by atoms with Crippen LogP contribution in [-0.4, -0.2) is 25.3 Å². The number of amides is 1. The van der Waals surface area contributed by atoms with Crippen molar-refractivity contribution < 1.29 is 9.53 Å². The normalized spacial score (nSPS) is 33.5. The summed E-state index contributed by atoms with van der Waals surface area (Å²) in [6.45, 7) is 0.967. The summed E-state index contributed by atoms with van der Waals surface area (Å²) in [4.78, 5) is 13.4. The third kappa shape index (κ3) is 3.44. The van der Waals surface area contributed by atoms with Crippen LogP contribution in [-0.2, 0) is 4.79 Å². The lowest BCUT2D eigenvalue weighted by Gasteiger charge is -2.56. The van der Waals surface area contributed by atoms with Crippen LogP contribution in [0, 0.1) is 23.2 Å². The molecule has 1 aromatic rings. The average Bonchev–Trinajstić information content (AvgIpc) is 2.57. The van der Waals surface area contributed by atoms with E-state index in [0.29, 0.717) is 5.41 Å². The minimum absolute atomic E-state index is 0.0136. The van der Waals surface area contributed by atoms with E-state index in [0.717, 1.165) is 30.0 Å². The lowest BCUT2D eigenvalue weighted by molar-refractivity contribution is -0.125. The molecule has 0 heterocycles. The molecule has 130 valence electrons. The van der Waals surface area contributed by atoms with Crippen LogP contribution < -0.4 is 10.1 Å². The molecule has 5 rings (SSSR count). The standard InChI is InChI=1S/C20H27NO2S/c1-24-18-4-2-17(3-5-18)23-12-19(22)21-13-20-9-14-6-15(10-20)8-16(7-14)11-20/h2-5,14-16H,6-13H2,1H3,(H,21,22). The van der Waals surface area contributed by atoms with Gasteiger partial charge in [0.1, 0.15) is 5.75 Å². The Hall–Kier alpha value is -1.16. The summed E-state index contributed by atoms with van der Waals surface area (Å²) in [7, 11) is 0. The molecule has 0 saturated heterocycles. The first-order valence-corrected chi connectivity index (χ1v) is 10.4. The quantitative estimate of drug-likeness (QED) is 0.788. The van der Waals surface area contributed by atoms with Gasteiger partial charge in [-0.3, -0.25) is 4.79 Å². The second-order valence-corrected chi connectivity index (χ2v) is 9.04. The highest BCUT2D eigenvalue weighted by Crippen LogP contribution is 2.59. The zero-order valence-electron chi connectivity index (χ0n) is 14.4. The second-order valence-electron chi connectivity index (χ2n) is 8.16. The predicted molar refractivity (Wildman–Crippen MR) is 97.3 cm³/mol. The Bertz CT molecular complexity index is 563. The van der Waals surface area contributed by atoms with Gasteiger partial charge < -0.3 is 10.1 Å². The number of hydrogen-bond donors (Lipinski definition) is 1. The van der Waals surface area contributed by atoms with E-state index in [9.17, 15) is 4.79 Å². The van der Waals surface area contributed by atoms with Crippen molar-refractivity contribution in [2.45, 2.75) is 43.4 Å². The Morgan fingerprint density at radius 3 is 2.25 bits per heavy atom. The van der Waals surface area contributed by atoms with Crippen LogP contribution in [0.3, 0.4) is 0 Å². The minimum Gasteiger partial charge on any atom is -0.484 e. The number of carbonyl (C=O) groups excluding carboxylic acids is 1. The molecule has 0 aromatic heterocycles. The summed E-state index contributed by atoms with van der Waals surface area (Å²) in [6.07, 6.45) is 10.4. The molecule has 4 saturated carbocycles. The van der Waals surface area contributed by atoms with Gasteiger partial charge in [0.2, 0.25) is 0 Å². The highest BCUT2D eigenvalue weighted by Gasteiger charge is 2.50. The van der Waals surface area contributed by atoms with Gasteiger partial charge in [-0.1, -0.05) is 0 Å². The zero-order valence-corrected chi connectivity index (χ0v) is 15.2. The molecule has 4 aliphatic rings. The van der Waals surface area contributed by atoms with Crippen LogP contribution in [0.4, 0.5) is 0 Å². The molecule has 4 aliphatic carbocycles. The molecule has 4 fully saturated rings. The number of hydrogen-bond acceptors (Lipinski definition) is 3. The van der Waals surface area contributed by atoms with Crippen molar-refractivity contribution in [3.63, 3.8) is 0 Å². The number of ether oxygens (including phenoxy) is 1. The van der Waals surface area contributed by atoms with Gasteiger partial charge in [0.25, 0.3) is 5.91 Å². The van der Waals surface area contributed by atoms with Crippen molar-refractivity contribution in [1.82, 2.24) is 5.32 Å². The smallest absolute Gasteiger partial charge is 0.257 e. The van der Waals surface area contributed by atoms with E-state index < -0.39 is 0 Å². The number of benzene rings is 1. The Balaban J connectivity index is 1.26. The van der Waals surface area contributed by atoms with Crippen LogP contribution >= 0.6 is 11.8 Å². The van der Waals surface area contributed by atoms with Gasteiger partial charge in [-0.15, -0.1) is 11.8 Å². The maximum absolute atomic E-state index is 12.2. The second kappa shape index (κ2) is 6.62. The highest BCUT2D eigenvalue weighted by molar-refractivity contribution is 7.98. The molecule has 0 atom stereocenters. The van der Waals surface area contributed by atoms with Gasteiger partial charge in [-0.2, -0.15) is 0 Å². The van der Waals surface area contributed by atoms with Gasteiger partial charge in [-0.05, 0) is 92.2 Å². The van der Waals surface area contributed by atoms with E-state index >= 15 is 0 Å². The van der Waals surface area contributed by atoms with Crippen molar-refractivity contribution in [3.8, 4) is 5.75 Å². The summed E-state index contributed by atoms with van der Waals surface area (Å²) in [5.41, 5.74) is 0.393. The molecule has 0 unspecified atom stereocenters. The third-order valence-electron chi connectivity index (χ3n) is 6.25. The maximum Gasteiger partial charge on any atom is 0.257 e. The zero-order chi connectivity index (χ0) is 16.6. The van der Waals surface area contributed by atoms with E-state index in [1.165, 1.54) is 43.4 Å². The van der Waals surface area contributed by atoms with Crippen LogP contribution in [0.15, 0.2) is 29.2 Å². The minimum atomic E-state index is 0.0136. The molecule has 1 aromatic carbocycles. The summed E-state index contributed by atoms with van der Waals surface area (Å²) in [5, 5.41) is 3.16. The SMILES string of the molecule is CSc1ccc(OCC(=O)NCC23CC4CC(CC(C4)C2)C3)cc1. The van der Waals surface area contributed by atoms with Crippen LogP contribution in [0.1, 0.15) is 38.5 Å². The number of nitrogens with one attached hydrogen (secondary N) is 1. The van der Waals surface area contributed by atoms with E-state index in [1.807, 2.05) is 30.5 Å². The predicted octanol–water partition coefficient (Wildman–Crippen LogP) is 4.12. The van der Waals surface area contributed by atoms with Crippen molar-refractivity contribution in [2.75, 3.05) is 19.4 Å². The van der Waals surface area contributed by atoms with Crippen molar-refractivity contribution in [3.05, 3.63) is 24.3 Å². The van der Waals surface area contributed by atoms with Crippen LogP contribution in [0.5, 0.6) is 5.75 Å². The Morgan fingerprint density at radius 1 is 1.12 bits per heavy atom.